The van der Waals surface area contributed by atoms with Crippen molar-refractivity contribution in [3.05, 3.63) is 57.0 Å². The van der Waals surface area contributed by atoms with E-state index >= 15 is 0 Å². The first kappa shape index (κ1) is 14.2. The van der Waals surface area contributed by atoms with Crippen molar-refractivity contribution in [3.8, 4) is 0 Å². The van der Waals surface area contributed by atoms with Gasteiger partial charge in [-0.1, -0.05) is 6.07 Å². The molecule has 0 saturated heterocycles. The van der Waals surface area contributed by atoms with Crippen LogP contribution in [0.15, 0.2) is 39.3 Å². The molecular formula is C15H15N3OS2. The van der Waals surface area contributed by atoms with Gasteiger partial charge in [-0.2, -0.15) is 0 Å². The molecular weight excluding hydrogens is 302 g/mol. The molecule has 0 spiro atoms. The Bertz CT molecular complexity index is 867. The van der Waals surface area contributed by atoms with Crippen LogP contribution in [0.25, 0.3) is 4.96 Å². The summed E-state index contributed by atoms with van der Waals surface area (Å²) in [7, 11) is 0. The number of nitrogen functional groups attached to an aromatic ring is 1. The summed E-state index contributed by atoms with van der Waals surface area (Å²) in [6, 6.07) is 7.49. The second-order valence-corrected chi connectivity index (χ2v) is 6.69. The molecule has 21 heavy (non-hydrogen) atoms. The molecule has 3 aromatic rings. The van der Waals surface area contributed by atoms with Gasteiger partial charge in [0.15, 0.2) is 4.96 Å². The molecule has 0 fully saturated rings. The van der Waals surface area contributed by atoms with Crippen molar-refractivity contribution in [1.82, 2.24) is 9.38 Å². The lowest BCUT2D eigenvalue weighted by atomic mass is 10.2. The van der Waals surface area contributed by atoms with E-state index in [1.165, 1.54) is 11.3 Å². The Morgan fingerprint density at radius 3 is 3.00 bits per heavy atom. The lowest BCUT2D eigenvalue weighted by Crippen LogP contribution is -2.14. The molecule has 2 heterocycles. The number of thioether (sulfide) groups is 1. The summed E-state index contributed by atoms with van der Waals surface area (Å²) in [6.07, 6.45) is 0. The lowest BCUT2D eigenvalue weighted by Gasteiger charge is -2.07. The number of thiazole rings is 1. The fourth-order valence-electron chi connectivity index (χ4n) is 2.11. The van der Waals surface area contributed by atoms with Crippen LogP contribution in [-0.4, -0.2) is 9.38 Å². The number of aryl methyl sites for hydroxylation is 1. The Hall–Kier alpha value is -1.79. The molecule has 1 aromatic carbocycles. The van der Waals surface area contributed by atoms with E-state index in [-0.39, 0.29) is 5.56 Å². The summed E-state index contributed by atoms with van der Waals surface area (Å²) in [5.41, 5.74) is 9.49. The fraction of sp³-hybridized carbons (Fsp3) is 0.200. The van der Waals surface area contributed by atoms with Crippen molar-refractivity contribution in [2.45, 2.75) is 24.5 Å². The van der Waals surface area contributed by atoms with Crippen LogP contribution in [-0.2, 0) is 5.75 Å². The van der Waals surface area contributed by atoms with E-state index in [0.717, 1.165) is 32.5 Å². The minimum absolute atomic E-state index is 0.0151. The molecule has 0 radical (unpaired) electrons. The number of aromatic nitrogens is 2. The van der Waals surface area contributed by atoms with Gasteiger partial charge in [-0.25, -0.2) is 4.98 Å². The molecule has 0 unspecified atom stereocenters. The maximum absolute atomic E-state index is 12.1. The molecule has 108 valence electrons. The highest BCUT2D eigenvalue weighted by Gasteiger charge is 2.08. The van der Waals surface area contributed by atoms with Gasteiger partial charge in [0.1, 0.15) is 0 Å². The van der Waals surface area contributed by atoms with Gasteiger partial charge in [0.05, 0.1) is 5.69 Å². The molecule has 0 amide bonds. The summed E-state index contributed by atoms with van der Waals surface area (Å²) in [6.45, 7) is 3.92. The van der Waals surface area contributed by atoms with Crippen molar-refractivity contribution in [2.75, 3.05) is 5.73 Å². The minimum Gasteiger partial charge on any atom is -0.398 e. The molecule has 0 aliphatic heterocycles. The van der Waals surface area contributed by atoms with Gasteiger partial charge < -0.3 is 5.73 Å². The van der Waals surface area contributed by atoms with E-state index in [9.17, 15) is 4.79 Å². The molecule has 0 atom stereocenters. The maximum atomic E-state index is 12.1. The third-order valence-corrected chi connectivity index (χ3v) is 5.47. The molecule has 4 nitrogen and oxygen atoms in total. The van der Waals surface area contributed by atoms with Gasteiger partial charge in [0.25, 0.3) is 5.56 Å². The molecule has 0 saturated carbocycles. The SMILES string of the molecule is Cc1c(N)cccc1SCc1cc(=O)n2c(C)csc2n1. The normalized spacial score (nSPS) is 11.1. The fourth-order valence-corrected chi connectivity index (χ4v) is 3.97. The second-order valence-electron chi connectivity index (χ2n) is 4.84. The van der Waals surface area contributed by atoms with E-state index in [1.807, 2.05) is 37.4 Å². The van der Waals surface area contributed by atoms with Crippen LogP contribution < -0.4 is 11.3 Å². The number of nitrogens with two attached hydrogens (primary N) is 1. The molecule has 6 heteroatoms. The van der Waals surface area contributed by atoms with E-state index in [4.69, 9.17) is 5.73 Å². The largest absolute Gasteiger partial charge is 0.398 e. The number of hydrogen-bond donors (Lipinski definition) is 1. The summed E-state index contributed by atoms with van der Waals surface area (Å²) in [5.74, 6) is 0.660. The Kier molecular flexibility index (Phi) is 3.73. The van der Waals surface area contributed by atoms with Crippen molar-refractivity contribution >= 4 is 33.7 Å². The van der Waals surface area contributed by atoms with Crippen LogP contribution in [0.1, 0.15) is 17.0 Å². The smallest absolute Gasteiger partial charge is 0.258 e. The number of nitrogens with zero attached hydrogens (tertiary/aromatic N) is 2. The summed E-state index contributed by atoms with van der Waals surface area (Å²) in [5, 5.41) is 1.95. The van der Waals surface area contributed by atoms with Crippen LogP contribution in [0.4, 0.5) is 5.69 Å². The quantitative estimate of drug-likeness (QED) is 0.595. The zero-order chi connectivity index (χ0) is 15.0. The van der Waals surface area contributed by atoms with Gasteiger partial charge in [-0.15, -0.1) is 23.1 Å². The highest BCUT2D eigenvalue weighted by atomic mass is 32.2. The van der Waals surface area contributed by atoms with Gasteiger partial charge in [0.2, 0.25) is 0 Å². The predicted molar refractivity (Wildman–Crippen MR) is 89.2 cm³/mol. The van der Waals surface area contributed by atoms with Crippen LogP contribution in [0, 0.1) is 13.8 Å². The van der Waals surface area contributed by atoms with Crippen molar-refractivity contribution in [2.24, 2.45) is 0 Å². The summed E-state index contributed by atoms with van der Waals surface area (Å²) in [4.78, 5) is 18.5. The average Bonchev–Trinajstić information content (AvgIpc) is 2.82. The highest BCUT2D eigenvalue weighted by Crippen LogP contribution is 2.28. The van der Waals surface area contributed by atoms with Gasteiger partial charge in [0, 0.05) is 33.5 Å². The van der Waals surface area contributed by atoms with E-state index in [2.05, 4.69) is 4.98 Å². The van der Waals surface area contributed by atoms with E-state index < -0.39 is 0 Å². The number of rotatable bonds is 3. The van der Waals surface area contributed by atoms with Crippen LogP contribution >= 0.6 is 23.1 Å². The number of anilines is 1. The lowest BCUT2D eigenvalue weighted by molar-refractivity contribution is 0.997. The first-order valence-electron chi connectivity index (χ1n) is 6.51. The Balaban J connectivity index is 1.89. The topological polar surface area (TPSA) is 60.4 Å². The zero-order valence-electron chi connectivity index (χ0n) is 11.8. The molecule has 0 aliphatic rings. The first-order valence-corrected chi connectivity index (χ1v) is 8.37. The van der Waals surface area contributed by atoms with E-state index in [0.29, 0.717) is 5.75 Å². The third kappa shape index (κ3) is 2.69. The van der Waals surface area contributed by atoms with Crippen LogP contribution in [0.3, 0.4) is 0 Å². The number of fused-ring (bicyclic) bond motifs is 1. The van der Waals surface area contributed by atoms with Crippen molar-refractivity contribution in [1.29, 1.82) is 0 Å². The Morgan fingerprint density at radius 1 is 1.38 bits per heavy atom. The van der Waals surface area contributed by atoms with Crippen LogP contribution in [0.5, 0.6) is 0 Å². The molecule has 3 rings (SSSR count). The molecule has 2 aromatic heterocycles. The number of hydrogen-bond acceptors (Lipinski definition) is 5. The maximum Gasteiger partial charge on any atom is 0.258 e. The zero-order valence-corrected chi connectivity index (χ0v) is 13.4. The standard InChI is InChI=1S/C15H15N3OS2/c1-9-7-21-15-17-11(6-14(19)18(9)15)8-20-13-5-3-4-12(16)10(13)2/h3-7H,8,16H2,1-2H3. The summed E-state index contributed by atoms with van der Waals surface area (Å²) >= 11 is 3.14. The average molecular weight is 317 g/mol. The van der Waals surface area contributed by atoms with Crippen LogP contribution in [0.2, 0.25) is 0 Å². The Morgan fingerprint density at radius 2 is 2.19 bits per heavy atom. The molecule has 0 bridgehead atoms. The first-order chi connectivity index (χ1) is 10.1. The Labute approximate surface area is 130 Å². The van der Waals surface area contributed by atoms with Crippen molar-refractivity contribution < 1.29 is 0 Å². The predicted octanol–water partition coefficient (Wildman–Crippen LogP) is 3.25. The van der Waals surface area contributed by atoms with Crippen molar-refractivity contribution in [3.63, 3.8) is 0 Å². The van der Waals surface area contributed by atoms with Gasteiger partial charge >= 0.3 is 0 Å². The molecule has 0 aliphatic carbocycles. The van der Waals surface area contributed by atoms with Gasteiger partial charge in [-0.3, -0.25) is 9.20 Å². The monoisotopic (exact) mass is 317 g/mol. The van der Waals surface area contributed by atoms with E-state index in [1.54, 1.807) is 22.2 Å². The minimum atomic E-state index is -0.0151. The number of benzene rings is 1. The summed E-state index contributed by atoms with van der Waals surface area (Å²) < 4.78 is 1.64. The third-order valence-electron chi connectivity index (χ3n) is 3.33. The highest BCUT2D eigenvalue weighted by molar-refractivity contribution is 7.98. The second kappa shape index (κ2) is 5.54. The van der Waals surface area contributed by atoms with Gasteiger partial charge in [-0.05, 0) is 31.5 Å². The molecule has 2 N–H and O–H groups in total.